The number of hydrogen-bond donors (Lipinski definition) is 1. The molecule has 0 radical (unpaired) electrons. The Labute approximate surface area is 166 Å². The van der Waals surface area contributed by atoms with Crippen molar-refractivity contribution in [3.05, 3.63) is 79.0 Å². The average molecular weight is 390 g/mol. The molecule has 1 N–H and O–H groups in total. The molecule has 0 aliphatic heterocycles. The molecular formula is C21H18N4O2S. The van der Waals surface area contributed by atoms with Crippen LogP contribution in [0.3, 0.4) is 0 Å². The maximum atomic E-state index is 12.5. The van der Waals surface area contributed by atoms with Gasteiger partial charge in [0.2, 0.25) is 5.91 Å². The van der Waals surface area contributed by atoms with Gasteiger partial charge in [-0.05, 0) is 55.5 Å². The third-order valence-electron chi connectivity index (χ3n) is 4.03. The number of carbonyl (C=O) groups is 1. The molecule has 0 unspecified atom stereocenters. The smallest absolute Gasteiger partial charge is 0.237 e. The molecule has 0 bridgehead atoms. The Hall–Kier alpha value is -3.32. The Morgan fingerprint density at radius 1 is 0.964 bits per heavy atom. The Morgan fingerprint density at radius 3 is 2.46 bits per heavy atom. The number of fused-ring (bicyclic) bond motifs is 1. The van der Waals surface area contributed by atoms with Crippen molar-refractivity contribution in [2.24, 2.45) is 0 Å². The monoisotopic (exact) mass is 390 g/mol. The van der Waals surface area contributed by atoms with Crippen LogP contribution in [0.1, 0.15) is 6.92 Å². The molecule has 0 spiro atoms. The number of ether oxygens (including phenoxy) is 1. The minimum Gasteiger partial charge on any atom is -0.457 e. The Balaban J connectivity index is 1.37. The molecule has 2 aromatic carbocycles. The van der Waals surface area contributed by atoms with E-state index in [4.69, 9.17) is 4.74 Å². The molecule has 0 aliphatic rings. The number of pyridine rings is 1. The van der Waals surface area contributed by atoms with E-state index in [-0.39, 0.29) is 11.2 Å². The molecule has 7 heteroatoms. The number of nitrogens with zero attached hydrogens (tertiary/aromatic N) is 3. The number of carbonyl (C=O) groups excluding carboxylic acids is 1. The van der Waals surface area contributed by atoms with Gasteiger partial charge in [-0.25, -0.2) is 0 Å². The normalized spacial score (nSPS) is 11.9. The number of thioether (sulfide) groups is 1. The summed E-state index contributed by atoms with van der Waals surface area (Å²) in [7, 11) is 0. The first-order valence-electron chi connectivity index (χ1n) is 8.79. The summed E-state index contributed by atoms with van der Waals surface area (Å²) >= 11 is 1.36. The fourth-order valence-corrected chi connectivity index (χ4v) is 3.42. The number of aromatic nitrogens is 3. The second-order valence-electron chi connectivity index (χ2n) is 6.10. The van der Waals surface area contributed by atoms with E-state index in [1.165, 1.54) is 11.8 Å². The van der Waals surface area contributed by atoms with Crippen molar-refractivity contribution in [3.63, 3.8) is 0 Å². The van der Waals surface area contributed by atoms with Crippen LogP contribution in [0.4, 0.5) is 5.69 Å². The van der Waals surface area contributed by atoms with Crippen molar-refractivity contribution in [2.45, 2.75) is 17.3 Å². The molecule has 0 fully saturated rings. The second kappa shape index (κ2) is 8.14. The Kier molecular flexibility index (Phi) is 5.25. The molecule has 6 nitrogen and oxygen atoms in total. The van der Waals surface area contributed by atoms with Crippen molar-refractivity contribution < 1.29 is 9.53 Å². The van der Waals surface area contributed by atoms with Crippen LogP contribution in [0.2, 0.25) is 0 Å². The highest BCUT2D eigenvalue weighted by atomic mass is 32.2. The van der Waals surface area contributed by atoms with E-state index >= 15 is 0 Å². The third kappa shape index (κ3) is 4.15. The van der Waals surface area contributed by atoms with Gasteiger partial charge in [0.15, 0.2) is 10.8 Å². The van der Waals surface area contributed by atoms with Crippen LogP contribution in [0.25, 0.3) is 5.65 Å². The SMILES string of the molecule is C[C@@H](Sc1nnc2ccccn12)C(=O)Nc1ccc(Oc2ccccc2)cc1. The zero-order valence-electron chi connectivity index (χ0n) is 15.1. The lowest BCUT2D eigenvalue weighted by Gasteiger charge is -2.12. The first kappa shape index (κ1) is 18.1. The summed E-state index contributed by atoms with van der Waals surface area (Å²) < 4.78 is 7.63. The molecule has 0 aliphatic carbocycles. The van der Waals surface area contributed by atoms with Gasteiger partial charge in [-0.3, -0.25) is 9.20 Å². The van der Waals surface area contributed by atoms with Crippen molar-refractivity contribution in [1.82, 2.24) is 14.6 Å². The van der Waals surface area contributed by atoms with Crippen LogP contribution in [-0.4, -0.2) is 25.8 Å². The number of anilines is 1. The van der Waals surface area contributed by atoms with Crippen molar-refractivity contribution in [2.75, 3.05) is 5.32 Å². The number of para-hydroxylation sites is 1. The first-order valence-corrected chi connectivity index (χ1v) is 9.67. The number of amides is 1. The van der Waals surface area contributed by atoms with Gasteiger partial charge in [0.05, 0.1) is 5.25 Å². The van der Waals surface area contributed by atoms with E-state index in [1.54, 1.807) is 0 Å². The van der Waals surface area contributed by atoms with Crippen molar-refractivity contribution in [3.8, 4) is 11.5 Å². The van der Waals surface area contributed by atoms with E-state index in [9.17, 15) is 4.79 Å². The van der Waals surface area contributed by atoms with E-state index in [1.807, 2.05) is 90.3 Å². The fourth-order valence-electron chi connectivity index (χ4n) is 2.59. The van der Waals surface area contributed by atoms with Gasteiger partial charge in [0.1, 0.15) is 11.5 Å². The van der Waals surface area contributed by atoms with Crippen LogP contribution in [0.15, 0.2) is 84.1 Å². The summed E-state index contributed by atoms with van der Waals surface area (Å²) in [5.74, 6) is 1.38. The fraction of sp³-hybridized carbons (Fsp3) is 0.0952. The maximum absolute atomic E-state index is 12.5. The molecule has 1 amide bonds. The molecule has 2 aromatic heterocycles. The number of benzene rings is 2. The molecule has 0 saturated carbocycles. The molecule has 140 valence electrons. The molecule has 28 heavy (non-hydrogen) atoms. The lowest BCUT2D eigenvalue weighted by atomic mass is 10.3. The van der Waals surface area contributed by atoms with Crippen LogP contribution in [0.5, 0.6) is 11.5 Å². The Morgan fingerprint density at radius 2 is 1.68 bits per heavy atom. The molecule has 4 aromatic rings. The quantitative estimate of drug-likeness (QED) is 0.486. The first-order chi connectivity index (χ1) is 13.7. The van der Waals surface area contributed by atoms with Crippen LogP contribution in [0, 0.1) is 0 Å². The molecule has 4 rings (SSSR count). The molecule has 1 atom stereocenters. The average Bonchev–Trinajstić information content (AvgIpc) is 3.13. The van der Waals surface area contributed by atoms with Crippen molar-refractivity contribution in [1.29, 1.82) is 0 Å². The zero-order chi connectivity index (χ0) is 19.3. The Bertz CT molecular complexity index is 1080. The highest BCUT2D eigenvalue weighted by Crippen LogP contribution is 2.25. The molecule has 2 heterocycles. The van der Waals surface area contributed by atoms with Crippen LogP contribution >= 0.6 is 11.8 Å². The summed E-state index contributed by atoms with van der Waals surface area (Å²) in [6.45, 7) is 1.84. The lowest BCUT2D eigenvalue weighted by Crippen LogP contribution is -2.22. The zero-order valence-corrected chi connectivity index (χ0v) is 16.0. The number of nitrogens with one attached hydrogen (secondary N) is 1. The van der Waals surface area contributed by atoms with Gasteiger partial charge in [0.25, 0.3) is 0 Å². The van der Waals surface area contributed by atoms with Crippen molar-refractivity contribution >= 4 is 29.0 Å². The third-order valence-corrected chi connectivity index (χ3v) is 5.09. The highest BCUT2D eigenvalue weighted by molar-refractivity contribution is 8.00. The summed E-state index contributed by atoms with van der Waals surface area (Å²) in [5, 5.41) is 11.5. The minimum atomic E-state index is -0.326. The number of hydrogen-bond acceptors (Lipinski definition) is 5. The van der Waals surface area contributed by atoms with Gasteiger partial charge < -0.3 is 10.1 Å². The summed E-state index contributed by atoms with van der Waals surface area (Å²) in [5.41, 5.74) is 1.47. The maximum Gasteiger partial charge on any atom is 0.237 e. The van der Waals surface area contributed by atoms with Gasteiger partial charge in [-0.1, -0.05) is 36.0 Å². The van der Waals surface area contributed by atoms with E-state index in [0.29, 0.717) is 16.6 Å². The van der Waals surface area contributed by atoms with Gasteiger partial charge in [-0.2, -0.15) is 0 Å². The largest absolute Gasteiger partial charge is 0.457 e. The number of rotatable bonds is 6. The summed E-state index contributed by atoms with van der Waals surface area (Å²) in [6, 6.07) is 22.5. The second-order valence-corrected chi connectivity index (χ2v) is 7.41. The van der Waals surface area contributed by atoms with E-state index in [0.717, 1.165) is 11.4 Å². The molecular weight excluding hydrogens is 372 g/mol. The standard InChI is InChI=1S/C21H18N4O2S/c1-15(28-21-24-23-19-9-5-6-14-25(19)21)20(26)22-16-10-12-18(13-11-16)27-17-7-3-2-4-8-17/h2-15H,1H3,(H,22,26)/t15-/m1/s1. The summed E-state index contributed by atoms with van der Waals surface area (Å²) in [4.78, 5) is 12.5. The van der Waals surface area contributed by atoms with Crippen LogP contribution < -0.4 is 10.1 Å². The van der Waals surface area contributed by atoms with Crippen LogP contribution in [-0.2, 0) is 4.79 Å². The minimum absolute atomic E-state index is 0.102. The summed E-state index contributed by atoms with van der Waals surface area (Å²) in [6.07, 6.45) is 1.88. The topological polar surface area (TPSA) is 68.5 Å². The lowest BCUT2D eigenvalue weighted by molar-refractivity contribution is -0.115. The van der Waals surface area contributed by atoms with Gasteiger partial charge in [-0.15, -0.1) is 10.2 Å². The van der Waals surface area contributed by atoms with Gasteiger partial charge in [0, 0.05) is 11.9 Å². The van der Waals surface area contributed by atoms with Gasteiger partial charge >= 0.3 is 0 Å². The predicted molar refractivity (Wildman–Crippen MR) is 110 cm³/mol. The molecule has 0 saturated heterocycles. The van der Waals surface area contributed by atoms with E-state index in [2.05, 4.69) is 15.5 Å². The predicted octanol–water partition coefficient (Wildman–Crippen LogP) is 4.64. The van der Waals surface area contributed by atoms with E-state index < -0.39 is 0 Å². The highest BCUT2D eigenvalue weighted by Gasteiger charge is 2.18.